The van der Waals surface area contributed by atoms with Crippen LogP contribution in [0.15, 0.2) is 87.2 Å². The van der Waals surface area contributed by atoms with Crippen molar-refractivity contribution < 1.29 is 9.53 Å². The second kappa shape index (κ2) is 11.2. The Morgan fingerprint density at radius 2 is 1.83 bits per heavy atom. The van der Waals surface area contributed by atoms with Crippen LogP contribution in [-0.4, -0.2) is 22.0 Å². The van der Waals surface area contributed by atoms with Crippen molar-refractivity contribution in [3.05, 3.63) is 98.9 Å². The minimum Gasteiger partial charge on any atom is -0.488 e. The molecule has 0 atom stereocenters. The second-order valence-electron chi connectivity index (χ2n) is 8.70. The van der Waals surface area contributed by atoms with Crippen molar-refractivity contribution in [3.63, 3.8) is 0 Å². The van der Waals surface area contributed by atoms with Gasteiger partial charge in [-0.2, -0.15) is 5.26 Å². The summed E-state index contributed by atoms with van der Waals surface area (Å²) >= 11 is 5.03. The predicted octanol–water partition coefficient (Wildman–Crippen LogP) is 7.45. The van der Waals surface area contributed by atoms with Gasteiger partial charge in [-0.15, -0.1) is 0 Å². The van der Waals surface area contributed by atoms with Gasteiger partial charge in [-0.05, 0) is 82.5 Å². The van der Waals surface area contributed by atoms with E-state index < -0.39 is 0 Å². The standard InChI is InChI=1S/C29H24BrN3O2S/c30-25-16-20(14-15-26(25)35-19-22-9-5-4-8-21(22)18-31)17-27-28(34)33(24-12-6-7-13-24)29(36-27)32-23-10-2-1-3-11-23/h1-5,8-11,14-17,24H,6-7,12-13,19H2/b27-17+,32-29?. The first-order valence-corrected chi connectivity index (χ1v) is 13.5. The average Bonchev–Trinajstić information content (AvgIpc) is 3.52. The summed E-state index contributed by atoms with van der Waals surface area (Å²) < 4.78 is 6.75. The highest BCUT2D eigenvalue weighted by atomic mass is 79.9. The first-order valence-electron chi connectivity index (χ1n) is 11.9. The Kier molecular flexibility index (Phi) is 7.55. The first-order chi connectivity index (χ1) is 17.6. The number of thioether (sulfide) groups is 1. The number of ether oxygens (including phenoxy) is 1. The van der Waals surface area contributed by atoms with Gasteiger partial charge in [0.1, 0.15) is 12.4 Å². The number of halogens is 1. The van der Waals surface area contributed by atoms with E-state index in [-0.39, 0.29) is 11.9 Å². The number of carbonyl (C=O) groups is 1. The largest absolute Gasteiger partial charge is 0.488 e. The number of aliphatic imine (C=N–C) groups is 1. The maximum absolute atomic E-state index is 13.5. The Labute approximate surface area is 223 Å². The highest BCUT2D eigenvalue weighted by Gasteiger charge is 2.39. The van der Waals surface area contributed by atoms with Gasteiger partial charge in [-0.25, -0.2) is 4.99 Å². The lowest BCUT2D eigenvalue weighted by Gasteiger charge is -2.22. The van der Waals surface area contributed by atoms with Crippen LogP contribution in [0, 0.1) is 11.3 Å². The zero-order chi connectivity index (χ0) is 24.9. The molecule has 1 saturated carbocycles. The lowest BCUT2D eigenvalue weighted by molar-refractivity contribution is -0.123. The van der Waals surface area contributed by atoms with Gasteiger partial charge in [-0.3, -0.25) is 9.69 Å². The number of para-hydroxylation sites is 1. The fraction of sp³-hybridized carbons (Fsp3) is 0.207. The average molecular weight is 559 g/mol. The van der Waals surface area contributed by atoms with E-state index in [9.17, 15) is 10.1 Å². The van der Waals surface area contributed by atoms with Crippen molar-refractivity contribution in [1.82, 2.24) is 4.90 Å². The van der Waals surface area contributed by atoms with E-state index in [0.717, 1.165) is 52.1 Å². The van der Waals surface area contributed by atoms with Crippen LogP contribution in [0.2, 0.25) is 0 Å². The molecule has 0 unspecified atom stereocenters. The molecule has 0 aromatic heterocycles. The SMILES string of the molecule is N#Cc1ccccc1COc1ccc(/C=C2/SC(=Nc3ccccc3)N(C3CCCC3)C2=O)cc1Br. The molecule has 2 aliphatic rings. The normalized spacial score (nSPS) is 18.2. The molecule has 0 radical (unpaired) electrons. The number of amidine groups is 1. The smallest absolute Gasteiger partial charge is 0.267 e. The summed E-state index contributed by atoms with van der Waals surface area (Å²) in [6, 6.07) is 25.3. The molecule has 1 amide bonds. The van der Waals surface area contributed by atoms with Gasteiger partial charge >= 0.3 is 0 Å². The first kappa shape index (κ1) is 24.4. The van der Waals surface area contributed by atoms with Crippen molar-refractivity contribution in [2.75, 3.05) is 0 Å². The number of rotatable bonds is 6. The monoisotopic (exact) mass is 557 g/mol. The zero-order valence-corrected chi connectivity index (χ0v) is 22.0. The van der Waals surface area contributed by atoms with Crippen LogP contribution in [0.4, 0.5) is 5.69 Å². The molecule has 3 aromatic rings. The molecule has 1 heterocycles. The number of hydrogen-bond acceptors (Lipinski definition) is 5. The van der Waals surface area contributed by atoms with Crippen molar-refractivity contribution >= 4 is 50.5 Å². The quantitative estimate of drug-likeness (QED) is 0.295. The van der Waals surface area contributed by atoms with Crippen LogP contribution in [0.25, 0.3) is 6.08 Å². The van der Waals surface area contributed by atoms with Gasteiger partial charge in [0, 0.05) is 11.6 Å². The molecule has 180 valence electrons. The Morgan fingerprint density at radius 1 is 1.08 bits per heavy atom. The van der Waals surface area contributed by atoms with E-state index in [1.807, 2.05) is 77.7 Å². The molecule has 2 fully saturated rings. The summed E-state index contributed by atoms with van der Waals surface area (Å²) in [5, 5.41) is 10.0. The van der Waals surface area contributed by atoms with E-state index in [2.05, 4.69) is 22.0 Å². The lowest BCUT2D eigenvalue weighted by atomic mass is 10.1. The third-order valence-electron chi connectivity index (χ3n) is 6.28. The van der Waals surface area contributed by atoms with Crippen LogP contribution in [0.1, 0.15) is 42.4 Å². The third kappa shape index (κ3) is 5.40. The molecule has 1 saturated heterocycles. The van der Waals surface area contributed by atoms with Gasteiger partial charge in [0.2, 0.25) is 0 Å². The van der Waals surface area contributed by atoms with E-state index >= 15 is 0 Å². The molecular formula is C29H24BrN3O2S. The summed E-state index contributed by atoms with van der Waals surface area (Å²) in [4.78, 5) is 20.8. The third-order valence-corrected chi connectivity index (χ3v) is 7.89. The van der Waals surface area contributed by atoms with E-state index in [4.69, 9.17) is 9.73 Å². The summed E-state index contributed by atoms with van der Waals surface area (Å²) in [5.74, 6) is 0.695. The van der Waals surface area contributed by atoms with Crippen molar-refractivity contribution in [2.24, 2.45) is 4.99 Å². The van der Waals surface area contributed by atoms with Crippen molar-refractivity contribution in [2.45, 2.75) is 38.3 Å². The maximum atomic E-state index is 13.5. The summed E-state index contributed by atoms with van der Waals surface area (Å²) in [5.41, 5.74) is 3.18. The Bertz CT molecular complexity index is 1370. The maximum Gasteiger partial charge on any atom is 0.267 e. The Hall–Kier alpha value is -3.34. The van der Waals surface area contributed by atoms with Crippen molar-refractivity contribution in [1.29, 1.82) is 5.26 Å². The summed E-state index contributed by atoms with van der Waals surface area (Å²) in [6.45, 7) is 0.298. The van der Waals surface area contributed by atoms with Gasteiger partial charge in [-0.1, -0.05) is 55.3 Å². The van der Waals surface area contributed by atoms with E-state index in [1.165, 1.54) is 11.8 Å². The summed E-state index contributed by atoms with van der Waals surface area (Å²) in [6.07, 6.45) is 6.23. The van der Waals surface area contributed by atoms with Gasteiger partial charge < -0.3 is 4.74 Å². The predicted molar refractivity (Wildman–Crippen MR) is 148 cm³/mol. The fourth-order valence-corrected chi connectivity index (χ4v) is 6.02. The number of carbonyl (C=O) groups excluding carboxylic acids is 1. The molecule has 1 aliphatic carbocycles. The molecule has 5 nitrogen and oxygen atoms in total. The topological polar surface area (TPSA) is 65.7 Å². The fourth-order valence-electron chi connectivity index (χ4n) is 4.45. The molecule has 0 spiro atoms. The number of hydrogen-bond donors (Lipinski definition) is 0. The van der Waals surface area contributed by atoms with Crippen LogP contribution in [-0.2, 0) is 11.4 Å². The molecule has 3 aromatic carbocycles. The molecule has 7 heteroatoms. The molecule has 1 aliphatic heterocycles. The van der Waals surface area contributed by atoms with Gasteiger partial charge in [0.15, 0.2) is 5.17 Å². The number of nitrogens with zero attached hydrogens (tertiary/aromatic N) is 3. The lowest BCUT2D eigenvalue weighted by Crippen LogP contribution is -2.37. The highest BCUT2D eigenvalue weighted by molar-refractivity contribution is 9.10. The van der Waals surface area contributed by atoms with E-state index in [1.54, 1.807) is 6.07 Å². The molecule has 0 bridgehead atoms. The van der Waals surface area contributed by atoms with Gasteiger partial charge in [0.25, 0.3) is 5.91 Å². The van der Waals surface area contributed by atoms with Crippen LogP contribution in [0.5, 0.6) is 5.75 Å². The zero-order valence-electron chi connectivity index (χ0n) is 19.6. The van der Waals surface area contributed by atoms with E-state index in [0.29, 0.717) is 22.8 Å². The minimum atomic E-state index is 0.0196. The number of benzene rings is 3. The van der Waals surface area contributed by atoms with Crippen LogP contribution in [0.3, 0.4) is 0 Å². The molecule has 5 rings (SSSR count). The Balaban J connectivity index is 1.37. The number of nitriles is 1. The number of amides is 1. The van der Waals surface area contributed by atoms with Crippen molar-refractivity contribution in [3.8, 4) is 11.8 Å². The van der Waals surface area contributed by atoms with Crippen LogP contribution >= 0.6 is 27.7 Å². The van der Waals surface area contributed by atoms with Crippen LogP contribution < -0.4 is 4.74 Å². The second-order valence-corrected chi connectivity index (χ2v) is 10.6. The molecule has 36 heavy (non-hydrogen) atoms. The highest BCUT2D eigenvalue weighted by Crippen LogP contribution is 2.39. The minimum absolute atomic E-state index is 0.0196. The van der Waals surface area contributed by atoms with Gasteiger partial charge in [0.05, 0.1) is 26.7 Å². The Morgan fingerprint density at radius 3 is 2.58 bits per heavy atom. The molecular weight excluding hydrogens is 534 g/mol. The molecule has 0 N–H and O–H groups in total. The summed E-state index contributed by atoms with van der Waals surface area (Å²) in [7, 11) is 0.